The third kappa shape index (κ3) is 2.33. The van der Waals surface area contributed by atoms with Gasteiger partial charge in [-0.25, -0.2) is 9.97 Å². The first-order chi connectivity index (χ1) is 10.7. The summed E-state index contributed by atoms with van der Waals surface area (Å²) in [7, 11) is 1.68. The number of hydrogen-bond acceptors (Lipinski definition) is 4. The van der Waals surface area contributed by atoms with Gasteiger partial charge in [-0.05, 0) is 19.3 Å². The van der Waals surface area contributed by atoms with Gasteiger partial charge < -0.3 is 4.90 Å². The van der Waals surface area contributed by atoms with E-state index >= 15 is 0 Å². The number of amides is 1. The predicted molar refractivity (Wildman–Crippen MR) is 81.8 cm³/mol. The summed E-state index contributed by atoms with van der Waals surface area (Å²) in [5.74, 6) is 0.374. The van der Waals surface area contributed by atoms with Crippen LogP contribution in [0.25, 0.3) is 11.4 Å². The highest BCUT2D eigenvalue weighted by Crippen LogP contribution is 2.36. The van der Waals surface area contributed by atoms with E-state index in [1.165, 1.54) is 17.3 Å². The fourth-order valence-electron chi connectivity index (χ4n) is 2.60. The van der Waals surface area contributed by atoms with Crippen LogP contribution in [0.1, 0.15) is 29.6 Å². The van der Waals surface area contributed by atoms with E-state index in [4.69, 9.17) is 0 Å². The van der Waals surface area contributed by atoms with Crippen molar-refractivity contribution < 1.29 is 4.79 Å². The summed E-state index contributed by atoms with van der Waals surface area (Å²) < 4.78 is 0. The molecule has 1 aromatic heterocycles. The Hall–Kier alpha value is -2.74. The van der Waals surface area contributed by atoms with Crippen LogP contribution in [-0.2, 0) is 0 Å². The predicted octanol–water partition coefficient (Wildman–Crippen LogP) is 2.66. The van der Waals surface area contributed by atoms with Crippen molar-refractivity contribution in [3.63, 3.8) is 0 Å². The zero-order valence-electron chi connectivity index (χ0n) is 12.4. The Morgan fingerprint density at radius 2 is 1.86 bits per heavy atom. The molecule has 0 bridgehead atoms. The molecule has 0 atom stereocenters. The van der Waals surface area contributed by atoms with Crippen LogP contribution in [0.3, 0.4) is 0 Å². The second kappa shape index (κ2) is 5.57. The number of nitriles is 1. The van der Waals surface area contributed by atoms with Crippen LogP contribution < -0.4 is 0 Å². The van der Waals surface area contributed by atoms with E-state index in [1.54, 1.807) is 7.05 Å². The van der Waals surface area contributed by atoms with Gasteiger partial charge in [-0.1, -0.05) is 30.3 Å². The van der Waals surface area contributed by atoms with E-state index in [1.807, 2.05) is 30.3 Å². The van der Waals surface area contributed by atoms with Gasteiger partial charge in [0.2, 0.25) is 0 Å². The SMILES string of the molecule is CN(C(=O)c1cnc(-c2ccccc2)nc1)C1(C#N)CCC1. The summed E-state index contributed by atoms with van der Waals surface area (Å²) >= 11 is 0. The van der Waals surface area contributed by atoms with Crippen molar-refractivity contribution in [1.29, 1.82) is 5.26 Å². The van der Waals surface area contributed by atoms with Crippen LogP contribution in [0.15, 0.2) is 42.7 Å². The maximum atomic E-state index is 12.5. The number of aromatic nitrogens is 2. The molecular weight excluding hydrogens is 276 g/mol. The van der Waals surface area contributed by atoms with Crippen LogP contribution in [0, 0.1) is 11.3 Å². The Kier molecular flexibility index (Phi) is 3.60. The van der Waals surface area contributed by atoms with Gasteiger partial charge in [-0.2, -0.15) is 5.26 Å². The van der Waals surface area contributed by atoms with Crippen LogP contribution in [-0.4, -0.2) is 33.4 Å². The highest BCUT2D eigenvalue weighted by Gasteiger charge is 2.43. The molecule has 0 radical (unpaired) electrons. The van der Waals surface area contributed by atoms with Crippen LogP contribution in [0.5, 0.6) is 0 Å². The number of carbonyl (C=O) groups is 1. The van der Waals surface area contributed by atoms with Gasteiger partial charge in [-0.15, -0.1) is 0 Å². The third-order valence-electron chi connectivity index (χ3n) is 4.27. The molecule has 1 fully saturated rings. The van der Waals surface area contributed by atoms with Crippen molar-refractivity contribution in [2.24, 2.45) is 0 Å². The van der Waals surface area contributed by atoms with Gasteiger partial charge in [-0.3, -0.25) is 4.79 Å². The number of nitrogens with zero attached hydrogens (tertiary/aromatic N) is 4. The molecular formula is C17H16N4O. The van der Waals surface area contributed by atoms with Crippen molar-refractivity contribution in [3.05, 3.63) is 48.3 Å². The van der Waals surface area contributed by atoms with Gasteiger partial charge in [0.15, 0.2) is 5.82 Å². The van der Waals surface area contributed by atoms with Crippen molar-refractivity contribution in [1.82, 2.24) is 14.9 Å². The zero-order chi connectivity index (χ0) is 15.6. The lowest BCUT2D eigenvalue weighted by Crippen LogP contribution is -2.53. The summed E-state index contributed by atoms with van der Waals surface area (Å²) in [5.41, 5.74) is 0.654. The Morgan fingerprint density at radius 3 is 2.36 bits per heavy atom. The maximum absolute atomic E-state index is 12.5. The minimum atomic E-state index is -0.658. The quantitative estimate of drug-likeness (QED) is 0.872. The molecule has 22 heavy (non-hydrogen) atoms. The Labute approximate surface area is 129 Å². The Balaban J connectivity index is 1.81. The van der Waals surface area contributed by atoms with Crippen molar-refractivity contribution in [2.45, 2.75) is 24.8 Å². The van der Waals surface area contributed by atoms with E-state index in [0.717, 1.165) is 24.8 Å². The van der Waals surface area contributed by atoms with Crippen LogP contribution in [0.2, 0.25) is 0 Å². The summed E-state index contributed by atoms with van der Waals surface area (Å²) in [6.07, 6.45) is 5.49. The molecule has 1 aliphatic rings. The summed E-state index contributed by atoms with van der Waals surface area (Å²) in [5, 5.41) is 9.32. The minimum absolute atomic E-state index is 0.208. The molecule has 1 amide bonds. The van der Waals surface area contributed by atoms with Crippen LogP contribution in [0.4, 0.5) is 0 Å². The molecule has 0 unspecified atom stereocenters. The fourth-order valence-corrected chi connectivity index (χ4v) is 2.60. The fraction of sp³-hybridized carbons (Fsp3) is 0.294. The van der Waals surface area contributed by atoms with E-state index in [2.05, 4.69) is 16.0 Å². The molecule has 0 aliphatic heterocycles. The number of benzene rings is 1. The van der Waals surface area contributed by atoms with Gasteiger partial charge in [0.25, 0.3) is 5.91 Å². The van der Waals surface area contributed by atoms with E-state index < -0.39 is 5.54 Å². The third-order valence-corrected chi connectivity index (χ3v) is 4.27. The Bertz CT molecular complexity index is 715. The van der Waals surface area contributed by atoms with Crippen molar-refractivity contribution in [3.8, 4) is 17.5 Å². The summed E-state index contributed by atoms with van der Waals surface area (Å²) in [4.78, 5) is 22.5. The monoisotopic (exact) mass is 292 g/mol. The lowest BCUT2D eigenvalue weighted by molar-refractivity contribution is 0.0497. The second-order valence-electron chi connectivity index (χ2n) is 5.52. The summed E-state index contributed by atoms with van der Waals surface area (Å²) in [6, 6.07) is 11.9. The average molecular weight is 292 g/mol. The van der Waals surface area contributed by atoms with E-state index in [-0.39, 0.29) is 5.91 Å². The largest absolute Gasteiger partial charge is 0.323 e. The smallest absolute Gasteiger partial charge is 0.258 e. The van der Waals surface area contributed by atoms with Gasteiger partial charge in [0.05, 0.1) is 11.6 Å². The first kappa shape index (κ1) is 14.2. The molecule has 110 valence electrons. The molecule has 5 heteroatoms. The molecule has 1 aromatic carbocycles. The van der Waals surface area contributed by atoms with Crippen LogP contribution >= 0.6 is 0 Å². The molecule has 1 aliphatic carbocycles. The summed E-state index contributed by atoms with van der Waals surface area (Å²) in [6.45, 7) is 0. The maximum Gasteiger partial charge on any atom is 0.258 e. The van der Waals surface area contributed by atoms with Crippen molar-refractivity contribution >= 4 is 5.91 Å². The number of rotatable bonds is 3. The average Bonchev–Trinajstić information content (AvgIpc) is 2.54. The molecule has 0 spiro atoms. The first-order valence-corrected chi connectivity index (χ1v) is 7.23. The Morgan fingerprint density at radius 1 is 1.23 bits per heavy atom. The molecule has 0 N–H and O–H groups in total. The minimum Gasteiger partial charge on any atom is -0.323 e. The van der Waals surface area contributed by atoms with Gasteiger partial charge in [0, 0.05) is 25.0 Å². The van der Waals surface area contributed by atoms with Gasteiger partial charge >= 0.3 is 0 Å². The normalized spacial score (nSPS) is 15.5. The highest BCUT2D eigenvalue weighted by atomic mass is 16.2. The molecule has 3 rings (SSSR count). The zero-order valence-corrected chi connectivity index (χ0v) is 12.4. The molecule has 5 nitrogen and oxygen atoms in total. The second-order valence-corrected chi connectivity index (χ2v) is 5.52. The topological polar surface area (TPSA) is 69.9 Å². The molecule has 0 saturated heterocycles. The first-order valence-electron chi connectivity index (χ1n) is 7.23. The van der Waals surface area contributed by atoms with Crippen molar-refractivity contribution in [2.75, 3.05) is 7.05 Å². The molecule has 1 saturated carbocycles. The molecule has 2 aromatic rings. The standard InChI is InChI=1S/C17H16N4O/c1-21(17(12-18)8-5-9-17)16(22)14-10-19-15(20-11-14)13-6-3-2-4-7-13/h2-4,6-7,10-11H,5,8-9H2,1H3. The van der Waals surface area contributed by atoms with Gasteiger partial charge in [0.1, 0.15) is 5.54 Å². The van der Waals surface area contributed by atoms with E-state index in [9.17, 15) is 10.1 Å². The highest BCUT2D eigenvalue weighted by molar-refractivity contribution is 5.94. The number of carbonyl (C=O) groups excluding carboxylic acids is 1. The lowest BCUT2D eigenvalue weighted by atomic mass is 9.76. The lowest BCUT2D eigenvalue weighted by Gasteiger charge is -2.42. The molecule has 1 heterocycles. The number of hydrogen-bond donors (Lipinski definition) is 0. The van der Waals surface area contributed by atoms with E-state index in [0.29, 0.717) is 11.4 Å².